The molecule has 0 bridgehead atoms. The maximum atomic E-state index is 13.1. The van der Waals surface area contributed by atoms with Gasteiger partial charge in [-0.1, -0.05) is 91.9 Å². The first-order valence-corrected chi connectivity index (χ1v) is 11.1. The molecule has 33 heavy (non-hydrogen) atoms. The molecule has 0 saturated carbocycles. The summed E-state index contributed by atoms with van der Waals surface area (Å²) < 4.78 is 0. The van der Waals surface area contributed by atoms with Crippen LogP contribution in [0.15, 0.2) is 89.9 Å². The molecule has 1 atom stereocenters. The highest BCUT2D eigenvalue weighted by molar-refractivity contribution is 5.99. The zero-order valence-corrected chi connectivity index (χ0v) is 18.8. The Hall–Kier alpha value is -3.93. The number of nitrogens with two attached hydrogens (primary N) is 1. The van der Waals surface area contributed by atoms with Gasteiger partial charge in [0.2, 0.25) is 11.8 Å². The van der Waals surface area contributed by atoms with Crippen LogP contribution in [-0.2, 0) is 29.1 Å². The minimum absolute atomic E-state index is 0.00820. The summed E-state index contributed by atoms with van der Waals surface area (Å²) >= 11 is 0. The highest BCUT2D eigenvalue weighted by atomic mass is 16.2. The fraction of sp³-hybridized carbons (Fsp3) is 0.222. The molecule has 3 rings (SSSR count). The van der Waals surface area contributed by atoms with Crippen LogP contribution in [0.4, 0.5) is 0 Å². The number of benzene rings is 3. The highest BCUT2D eigenvalue weighted by Crippen LogP contribution is 2.21. The second-order valence-corrected chi connectivity index (χ2v) is 7.79. The van der Waals surface area contributed by atoms with Gasteiger partial charge in [-0.25, -0.2) is 4.99 Å². The summed E-state index contributed by atoms with van der Waals surface area (Å²) in [6, 6.07) is 27.3. The average Bonchev–Trinajstić information content (AvgIpc) is 2.86. The minimum Gasteiger partial charge on any atom is -0.370 e. The largest absolute Gasteiger partial charge is 0.370 e. The Morgan fingerprint density at radius 2 is 1.52 bits per heavy atom. The van der Waals surface area contributed by atoms with Gasteiger partial charge in [-0.3, -0.25) is 14.9 Å². The summed E-state index contributed by atoms with van der Waals surface area (Å²) in [5, 5.41) is 5.62. The summed E-state index contributed by atoms with van der Waals surface area (Å²) in [7, 11) is 0. The number of aliphatic imine (C=N–C) groups is 1. The minimum atomic E-state index is -0.382. The normalized spacial score (nSPS) is 12.1. The highest BCUT2D eigenvalue weighted by Gasteiger charge is 2.21. The van der Waals surface area contributed by atoms with Crippen molar-refractivity contribution < 1.29 is 9.59 Å². The van der Waals surface area contributed by atoms with Gasteiger partial charge in [0.15, 0.2) is 5.96 Å². The Labute approximate surface area is 194 Å². The predicted octanol–water partition coefficient (Wildman–Crippen LogP) is 3.67. The van der Waals surface area contributed by atoms with Gasteiger partial charge in [0, 0.05) is 13.0 Å². The number of nitrogens with one attached hydrogen (secondary N) is 2. The van der Waals surface area contributed by atoms with Crippen molar-refractivity contribution in [3.05, 3.63) is 107 Å². The van der Waals surface area contributed by atoms with Crippen molar-refractivity contribution in [2.75, 3.05) is 0 Å². The summed E-state index contributed by atoms with van der Waals surface area (Å²) in [6.07, 6.45) is 1.02. The van der Waals surface area contributed by atoms with E-state index in [-0.39, 0.29) is 23.7 Å². The molecule has 0 aromatic heterocycles. The quantitative estimate of drug-likeness (QED) is 0.348. The van der Waals surface area contributed by atoms with E-state index >= 15 is 0 Å². The molecule has 0 heterocycles. The second-order valence-electron chi connectivity index (χ2n) is 7.79. The van der Waals surface area contributed by atoms with E-state index in [2.05, 4.69) is 15.6 Å². The van der Waals surface area contributed by atoms with E-state index in [0.717, 1.165) is 22.3 Å². The molecule has 2 amide bonds. The van der Waals surface area contributed by atoms with Crippen LogP contribution < -0.4 is 16.4 Å². The Kier molecular flexibility index (Phi) is 8.77. The van der Waals surface area contributed by atoms with E-state index in [0.29, 0.717) is 25.9 Å². The zero-order chi connectivity index (χ0) is 23.5. The molecule has 6 nitrogen and oxygen atoms in total. The van der Waals surface area contributed by atoms with Crippen LogP contribution >= 0.6 is 0 Å². The molecule has 6 heteroatoms. The Morgan fingerprint density at radius 1 is 0.879 bits per heavy atom. The molecule has 0 aliphatic heterocycles. The van der Waals surface area contributed by atoms with E-state index in [1.165, 1.54) is 0 Å². The number of hydrogen-bond acceptors (Lipinski definition) is 3. The molecular formula is C27H30N4O2. The van der Waals surface area contributed by atoms with Gasteiger partial charge in [-0.15, -0.1) is 0 Å². The maximum Gasteiger partial charge on any atom is 0.234 e. The predicted molar refractivity (Wildman–Crippen MR) is 131 cm³/mol. The van der Waals surface area contributed by atoms with Crippen LogP contribution in [0.2, 0.25) is 0 Å². The molecule has 170 valence electrons. The van der Waals surface area contributed by atoms with Crippen molar-refractivity contribution in [2.24, 2.45) is 10.7 Å². The zero-order valence-electron chi connectivity index (χ0n) is 18.8. The average molecular weight is 443 g/mol. The SMILES string of the molecule is CCC(=O)NCc1cccc(CN=C(N)NC(=O)C(Cc2ccccc2)c2ccccc2)c1. The lowest BCUT2D eigenvalue weighted by Crippen LogP contribution is -2.40. The summed E-state index contributed by atoms with van der Waals surface area (Å²) in [6.45, 7) is 2.62. The molecule has 0 fully saturated rings. The third-order valence-corrected chi connectivity index (χ3v) is 5.29. The summed E-state index contributed by atoms with van der Waals surface area (Å²) in [5.74, 6) is -0.484. The van der Waals surface area contributed by atoms with Crippen molar-refractivity contribution in [3.63, 3.8) is 0 Å². The van der Waals surface area contributed by atoms with Gasteiger partial charge in [0.05, 0.1) is 12.5 Å². The topological polar surface area (TPSA) is 96.6 Å². The van der Waals surface area contributed by atoms with Gasteiger partial charge in [-0.2, -0.15) is 0 Å². The Balaban J connectivity index is 1.65. The number of rotatable bonds is 9. The van der Waals surface area contributed by atoms with E-state index in [9.17, 15) is 9.59 Å². The van der Waals surface area contributed by atoms with Gasteiger partial charge in [-0.05, 0) is 28.7 Å². The molecule has 0 aliphatic rings. The number of carbonyl (C=O) groups is 2. The monoisotopic (exact) mass is 442 g/mol. The lowest BCUT2D eigenvalue weighted by atomic mass is 9.91. The van der Waals surface area contributed by atoms with Crippen LogP contribution in [-0.4, -0.2) is 17.8 Å². The molecule has 3 aromatic rings. The van der Waals surface area contributed by atoms with Crippen LogP contribution in [0.5, 0.6) is 0 Å². The van der Waals surface area contributed by atoms with Crippen LogP contribution in [0.3, 0.4) is 0 Å². The second kappa shape index (κ2) is 12.2. The van der Waals surface area contributed by atoms with Gasteiger partial charge >= 0.3 is 0 Å². The molecule has 0 aliphatic carbocycles. The van der Waals surface area contributed by atoms with E-state index in [4.69, 9.17) is 5.73 Å². The number of guanidine groups is 1. The van der Waals surface area contributed by atoms with Gasteiger partial charge in [0.1, 0.15) is 0 Å². The molecule has 4 N–H and O–H groups in total. The number of carbonyl (C=O) groups excluding carboxylic acids is 2. The standard InChI is InChI=1S/C27H30N4O2/c1-2-25(32)29-18-21-12-9-13-22(16-21)19-30-27(28)31-26(33)24(23-14-7-4-8-15-23)17-20-10-5-3-6-11-20/h3-16,24H,2,17-19H2,1H3,(H,29,32)(H3,28,30,31,33). The number of amides is 2. The van der Waals surface area contributed by atoms with Crippen LogP contribution in [0.1, 0.15) is 41.5 Å². The lowest BCUT2D eigenvalue weighted by Gasteiger charge is -2.17. The number of hydrogen-bond donors (Lipinski definition) is 3. The molecule has 0 radical (unpaired) electrons. The first-order chi connectivity index (χ1) is 16.0. The van der Waals surface area contributed by atoms with Crippen LogP contribution in [0.25, 0.3) is 0 Å². The maximum absolute atomic E-state index is 13.1. The van der Waals surface area contributed by atoms with Gasteiger partial charge < -0.3 is 11.1 Å². The first-order valence-electron chi connectivity index (χ1n) is 11.1. The summed E-state index contributed by atoms with van der Waals surface area (Å²) in [4.78, 5) is 28.9. The molecule has 0 saturated heterocycles. The van der Waals surface area contributed by atoms with E-state index in [1.807, 2.05) is 91.9 Å². The Bertz CT molecular complexity index is 1080. The van der Waals surface area contributed by atoms with Gasteiger partial charge in [0.25, 0.3) is 0 Å². The van der Waals surface area contributed by atoms with E-state index in [1.54, 1.807) is 0 Å². The lowest BCUT2D eigenvalue weighted by molar-refractivity contribution is -0.121. The van der Waals surface area contributed by atoms with Crippen molar-refractivity contribution in [3.8, 4) is 0 Å². The molecular weight excluding hydrogens is 412 g/mol. The van der Waals surface area contributed by atoms with Crippen molar-refractivity contribution in [1.29, 1.82) is 0 Å². The molecule has 3 aromatic carbocycles. The summed E-state index contributed by atoms with van der Waals surface area (Å²) in [5.41, 5.74) is 9.97. The third kappa shape index (κ3) is 7.61. The van der Waals surface area contributed by atoms with Crippen molar-refractivity contribution in [1.82, 2.24) is 10.6 Å². The van der Waals surface area contributed by atoms with Crippen LogP contribution in [0, 0.1) is 0 Å². The van der Waals surface area contributed by atoms with Crippen molar-refractivity contribution in [2.45, 2.75) is 38.8 Å². The van der Waals surface area contributed by atoms with E-state index < -0.39 is 0 Å². The first kappa shape index (κ1) is 23.7. The molecule has 0 spiro atoms. The van der Waals surface area contributed by atoms with Crippen molar-refractivity contribution >= 4 is 17.8 Å². The fourth-order valence-electron chi connectivity index (χ4n) is 3.49. The fourth-order valence-corrected chi connectivity index (χ4v) is 3.49. The smallest absolute Gasteiger partial charge is 0.234 e. The Morgan fingerprint density at radius 3 is 2.21 bits per heavy atom. The third-order valence-electron chi connectivity index (χ3n) is 5.29. The number of nitrogens with zero attached hydrogens (tertiary/aromatic N) is 1. The molecule has 1 unspecified atom stereocenters.